The third-order valence-electron chi connectivity index (χ3n) is 4.04. The molecule has 15 heteroatoms. The lowest BCUT2D eigenvalue weighted by molar-refractivity contribution is -0.294. The molecule has 0 bridgehead atoms. The van der Waals surface area contributed by atoms with Gasteiger partial charge >= 0.3 is 7.60 Å². The van der Waals surface area contributed by atoms with E-state index in [1.54, 1.807) is 0 Å². The van der Waals surface area contributed by atoms with Crippen LogP contribution in [0.1, 0.15) is 12.8 Å². The number of nitrogens with one attached hydrogen (secondary N) is 1. The Hall–Kier alpha value is -1.45. The van der Waals surface area contributed by atoms with Gasteiger partial charge in [0.1, 0.15) is 18.3 Å². The number of nitrogens with two attached hydrogens (primary N) is 2. The predicted molar refractivity (Wildman–Crippen MR) is 99.6 cm³/mol. The molecule has 1 rings (SSSR count). The Bertz CT molecular complexity index is 631. The highest BCUT2D eigenvalue weighted by Gasteiger charge is 2.44. The SMILES string of the molecule is C=N/C(=C\N(N)CCC(=O)NN)COC1OC(CCP(=O)(O)O)C(O)C(O)C1O. The molecule has 1 aliphatic rings. The van der Waals surface area contributed by atoms with E-state index in [4.69, 9.17) is 30.9 Å². The Kier molecular flexibility index (Phi) is 10.3. The highest BCUT2D eigenvalue weighted by atomic mass is 31.2. The second kappa shape index (κ2) is 11.7. The fraction of sp³-hybridized carbons (Fsp3) is 0.714. The lowest BCUT2D eigenvalue weighted by Crippen LogP contribution is -2.58. The van der Waals surface area contributed by atoms with Crippen LogP contribution in [0.5, 0.6) is 0 Å². The third-order valence-corrected chi connectivity index (χ3v) is 4.89. The van der Waals surface area contributed by atoms with E-state index in [-0.39, 0.29) is 31.7 Å². The van der Waals surface area contributed by atoms with Crippen molar-refractivity contribution >= 4 is 20.2 Å². The van der Waals surface area contributed by atoms with Gasteiger partial charge in [-0.2, -0.15) is 0 Å². The number of hydrogen-bond donors (Lipinski definition) is 8. The Morgan fingerprint density at radius 3 is 2.52 bits per heavy atom. The van der Waals surface area contributed by atoms with Crippen LogP contribution in [0, 0.1) is 0 Å². The molecule has 14 nitrogen and oxygen atoms in total. The number of hydrazine groups is 2. The molecule has 5 atom stereocenters. The molecule has 0 aromatic heterocycles. The zero-order valence-corrected chi connectivity index (χ0v) is 16.5. The molecule has 1 amide bonds. The van der Waals surface area contributed by atoms with Gasteiger partial charge in [0.05, 0.1) is 24.6 Å². The molecular weight excluding hydrogens is 413 g/mol. The molecular formula is C14H28N5O9P. The molecule has 1 saturated heterocycles. The summed E-state index contributed by atoms with van der Waals surface area (Å²) in [6.07, 6.45) is -6.92. The Morgan fingerprint density at radius 2 is 1.97 bits per heavy atom. The van der Waals surface area contributed by atoms with E-state index in [9.17, 15) is 24.7 Å². The van der Waals surface area contributed by atoms with Gasteiger partial charge < -0.3 is 39.6 Å². The van der Waals surface area contributed by atoms with E-state index >= 15 is 0 Å². The molecule has 0 saturated carbocycles. The van der Waals surface area contributed by atoms with Crippen molar-refractivity contribution in [2.24, 2.45) is 16.7 Å². The first-order chi connectivity index (χ1) is 13.5. The Labute approximate surface area is 166 Å². The van der Waals surface area contributed by atoms with Crippen LogP contribution in [0.3, 0.4) is 0 Å². The summed E-state index contributed by atoms with van der Waals surface area (Å²) < 4.78 is 21.7. The fourth-order valence-corrected chi connectivity index (χ4v) is 3.03. The highest BCUT2D eigenvalue weighted by molar-refractivity contribution is 7.51. The standard InChI is InChI=1S/C14H28N5O9P/c1-17-8(6-19(16)4-2-10(20)18-15)7-27-14-13(23)12(22)11(21)9(28-14)3-5-29(24,25)26/h6,9,11-14,21-23H,1-5,7,15-16H2,(H,18,20)(H2,24,25,26)/b8-6-. The summed E-state index contributed by atoms with van der Waals surface area (Å²) in [5.41, 5.74) is 2.15. The van der Waals surface area contributed by atoms with Crippen molar-refractivity contribution in [1.82, 2.24) is 10.4 Å². The van der Waals surface area contributed by atoms with Crippen LogP contribution >= 0.6 is 7.60 Å². The van der Waals surface area contributed by atoms with Crippen molar-refractivity contribution in [1.29, 1.82) is 0 Å². The summed E-state index contributed by atoms with van der Waals surface area (Å²) in [6.45, 7) is 3.19. The first-order valence-corrected chi connectivity index (χ1v) is 10.3. The van der Waals surface area contributed by atoms with E-state index < -0.39 is 50.4 Å². The number of carbonyl (C=O) groups is 1. The number of aliphatic hydroxyl groups excluding tert-OH is 3. The number of hydrogen-bond acceptors (Lipinski definition) is 11. The number of amides is 1. The molecule has 0 aliphatic carbocycles. The van der Waals surface area contributed by atoms with Crippen molar-refractivity contribution in [2.75, 3.05) is 19.3 Å². The highest BCUT2D eigenvalue weighted by Crippen LogP contribution is 2.37. The van der Waals surface area contributed by atoms with Crippen LogP contribution in [-0.2, 0) is 18.8 Å². The molecule has 1 fully saturated rings. The number of carbonyl (C=O) groups excluding carboxylic acids is 1. The monoisotopic (exact) mass is 441 g/mol. The van der Waals surface area contributed by atoms with Gasteiger partial charge in [0.15, 0.2) is 6.29 Å². The van der Waals surface area contributed by atoms with Crippen LogP contribution in [0.25, 0.3) is 0 Å². The van der Waals surface area contributed by atoms with Gasteiger partial charge in [0, 0.05) is 19.2 Å². The minimum Gasteiger partial charge on any atom is -0.388 e. The molecule has 168 valence electrons. The summed E-state index contributed by atoms with van der Waals surface area (Å²) in [6, 6.07) is 0. The average Bonchev–Trinajstić information content (AvgIpc) is 2.66. The molecule has 10 N–H and O–H groups in total. The van der Waals surface area contributed by atoms with Crippen molar-refractivity contribution in [2.45, 2.75) is 43.5 Å². The molecule has 0 radical (unpaired) electrons. The second-order valence-corrected chi connectivity index (χ2v) is 8.11. The zero-order valence-electron chi connectivity index (χ0n) is 15.6. The molecule has 29 heavy (non-hydrogen) atoms. The molecule has 1 heterocycles. The zero-order chi connectivity index (χ0) is 22.2. The number of aliphatic hydroxyl groups is 3. The van der Waals surface area contributed by atoms with Gasteiger partial charge in [0.25, 0.3) is 0 Å². The summed E-state index contributed by atoms with van der Waals surface area (Å²) in [5.74, 6) is 10.2. The number of aliphatic imine (C=N–C) groups is 1. The van der Waals surface area contributed by atoms with Crippen LogP contribution in [0.15, 0.2) is 16.9 Å². The lowest BCUT2D eigenvalue weighted by Gasteiger charge is -2.40. The summed E-state index contributed by atoms with van der Waals surface area (Å²) in [5, 5.41) is 31.1. The summed E-state index contributed by atoms with van der Waals surface area (Å²) in [4.78, 5) is 32.7. The van der Waals surface area contributed by atoms with Crippen molar-refractivity contribution in [3.63, 3.8) is 0 Å². The van der Waals surface area contributed by atoms with Crippen LogP contribution in [0.4, 0.5) is 0 Å². The third kappa shape index (κ3) is 8.84. The second-order valence-electron chi connectivity index (χ2n) is 6.34. The Balaban J connectivity index is 2.68. The van der Waals surface area contributed by atoms with E-state index in [2.05, 4.69) is 11.7 Å². The van der Waals surface area contributed by atoms with Gasteiger partial charge in [-0.15, -0.1) is 0 Å². The van der Waals surface area contributed by atoms with Crippen LogP contribution < -0.4 is 17.1 Å². The summed E-state index contributed by atoms with van der Waals surface area (Å²) in [7, 11) is -4.35. The Morgan fingerprint density at radius 1 is 1.31 bits per heavy atom. The maximum atomic E-state index is 11.1. The first-order valence-electron chi connectivity index (χ1n) is 8.52. The molecule has 0 aromatic carbocycles. The molecule has 0 aromatic rings. The van der Waals surface area contributed by atoms with E-state index in [0.29, 0.717) is 0 Å². The van der Waals surface area contributed by atoms with Crippen LogP contribution in [0.2, 0.25) is 0 Å². The van der Waals surface area contributed by atoms with Crippen molar-refractivity contribution < 1.29 is 43.9 Å². The predicted octanol–water partition coefficient (Wildman–Crippen LogP) is -3.52. The molecule has 0 spiro atoms. The maximum absolute atomic E-state index is 11.1. The van der Waals surface area contributed by atoms with Gasteiger partial charge in [-0.1, -0.05) is 0 Å². The van der Waals surface area contributed by atoms with Gasteiger partial charge in [-0.3, -0.25) is 19.8 Å². The minimum absolute atomic E-state index is 0.0184. The van der Waals surface area contributed by atoms with Gasteiger partial charge in [-0.05, 0) is 13.1 Å². The van der Waals surface area contributed by atoms with Crippen LogP contribution in [-0.4, -0.2) is 92.8 Å². The van der Waals surface area contributed by atoms with E-state index in [1.807, 2.05) is 5.43 Å². The smallest absolute Gasteiger partial charge is 0.325 e. The fourth-order valence-electron chi connectivity index (χ4n) is 2.44. The quantitative estimate of drug-likeness (QED) is 0.0512. The molecule has 5 unspecified atom stereocenters. The minimum atomic E-state index is -4.35. The number of nitrogens with zero attached hydrogens (tertiary/aromatic N) is 2. The average molecular weight is 441 g/mol. The molecule has 1 aliphatic heterocycles. The number of ether oxygens (including phenoxy) is 2. The maximum Gasteiger partial charge on any atom is 0.325 e. The number of rotatable bonds is 11. The van der Waals surface area contributed by atoms with Gasteiger partial charge in [0.2, 0.25) is 5.91 Å². The lowest BCUT2D eigenvalue weighted by atomic mass is 9.97. The largest absolute Gasteiger partial charge is 0.388 e. The normalized spacial score (nSPS) is 28.1. The van der Waals surface area contributed by atoms with E-state index in [1.165, 1.54) is 6.20 Å². The topological polar surface area (TPSA) is 233 Å². The van der Waals surface area contributed by atoms with Crippen molar-refractivity contribution in [3.05, 3.63) is 11.9 Å². The summed E-state index contributed by atoms with van der Waals surface area (Å²) >= 11 is 0. The van der Waals surface area contributed by atoms with Crippen molar-refractivity contribution in [3.8, 4) is 0 Å². The van der Waals surface area contributed by atoms with E-state index in [0.717, 1.165) is 5.01 Å². The van der Waals surface area contributed by atoms with Gasteiger partial charge in [-0.25, -0.2) is 11.7 Å². The first kappa shape index (κ1) is 25.6.